The maximum absolute atomic E-state index is 6.01. The first kappa shape index (κ1) is 15.2. The Hall–Kier alpha value is -1.20. The summed E-state index contributed by atoms with van der Waals surface area (Å²) in [7, 11) is 0. The first-order chi connectivity index (χ1) is 9.70. The number of nitrogens with zero attached hydrogens (tertiary/aromatic N) is 2. The molecule has 1 aromatic rings. The Bertz CT molecular complexity index is 440. The molecule has 0 saturated carbocycles. The molecule has 0 aliphatic heterocycles. The minimum absolute atomic E-state index is 0.396. The average Bonchev–Trinajstić information content (AvgIpc) is 2.51. The van der Waals surface area contributed by atoms with Crippen molar-refractivity contribution in [1.82, 2.24) is 9.97 Å². The number of hydrogen-bond donors (Lipinski definition) is 2. The second-order valence-electron chi connectivity index (χ2n) is 5.31. The normalized spacial score (nSPS) is 15.0. The first-order valence-electron chi connectivity index (χ1n) is 7.71. The van der Waals surface area contributed by atoms with Crippen LogP contribution in [-0.2, 0) is 23.2 Å². The molecule has 0 atom stereocenters. The molecule has 5 nitrogen and oxygen atoms in total. The van der Waals surface area contributed by atoms with E-state index >= 15 is 0 Å². The van der Waals surface area contributed by atoms with Gasteiger partial charge in [0, 0.05) is 17.9 Å². The number of aromatic nitrogens is 2. The molecule has 112 valence electrons. The van der Waals surface area contributed by atoms with E-state index < -0.39 is 5.60 Å². The van der Waals surface area contributed by atoms with E-state index in [0.717, 1.165) is 43.0 Å². The summed E-state index contributed by atoms with van der Waals surface area (Å²) < 4.78 is 6.01. The molecule has 0 amide bonds. The minimum atomic E-state index is -0.396. The molecule has 2 rings (SSSR count). The molecule has 0 unspecified atom stereocenters. The fourth-order valence-corrected chi connectivity index (χ4v) is 3.03. The fraction of sp³-hybridized carbons (Fsp3) is 0.733. The van der Waals surface area contributed by atoms with E-state index in [1.807, 2.05) is 6.92 Å². The van der Waals surface area contributed by atoms with Gasteiger partial charge in [-0.25, -0.2) is 15.8 Å². The average molecular weight is 278 g/mol. The SMILES string of the molecule is CCOC(CC)(CC)c1nc2c(c(NN)n1)CCCC2. The van der Waals surface area contributed by atoms with Gasteiger partial charge in [0.05, 0.1) is 0 Å². The van der Waals surface area contributed by atoms with Crippen molar-refractivity contribution < 1.29 is 4.74 Å². The van der Waals surface area contributed by atoms with E-state index in [0.29, 0.717) is 6.61 Å². The van der Waals surface area contributed by atoms with Crippen LogP contribution in [0.4, 0.5) is 5.82 Å². The summed E-state index contributed by atoms with van der Waals surface area (Å²) in [5, 5.41) is 0. The summed E-state index contributed by atoms with van der Waals surface area (Å²) in [5.41, 5.74) is 4.67. The Kier molecular flexibility index (Phi) is 4.94. The van der Waals surface area contributed by atoms with Crippen LogP contribution in [0.1, 0.15) is 63.5 Å². The molecule has 0 fully saturated rings. The van der Waals surface area contributed by atoms with Gasteiger partial charge >= 0.3 is 0 Å². The largest absolute Gasteiger partial charge is 0.367 e. The minimum Gasteiger partial charge on any atom is -0.367 e. The summed E-state index contributed by atoms with van der Waals surface area (Å²) in [6.07, 6.45) is 6.11. The Balaban J connectivity index is 2.50. The third kappa shape index (κ3) is 2.65. The smallest absolute Gasteiger partial charge is 0.162 e. The van der Waals surface area contributed by atoms with Crippen LogP contribution in [0, 0.1) is 0 Å². The van der Waals surface area contributed by atoms with Crippen LogP contribution in [0.15, 0.2) is 0 Å². The van der Waals surface area contributed by atoms with E-state index in [-0.39, 0.29) is 0 Å². The van der Waals surface area contributed by atoms with Gasteiger partial charge in [-0.15, -0.1) is 0 Å². The van der Waals surface area contributed by atoms with E-state index in [4.69, 9.17) is 15.6 Å². The van der Waals surface area contributed by atoms with Gasteiger partial charge < -0.3 is 10.2 Å². The molecule has 0 radical (unpaired) electrons. The first-order valence-corrected chi connectivity index (χ1v) is 7.71. The quantitative estimate of drug-likeness (QED) is 0.618. The monoisotopic (exact) mass is 278 g/mol. The summed E-state index contributed by atoms with van der Waals surface area (Å²) in [4.78, 5) is 9.49. The molecule has 0 bridgehead atoms. The van der Waals surface area contributed by atoms with Crippen LogP contribution in [0.2, 0.25) is 0 Å². The van der Waals surface area contributed by atoms with Crippen molar-refractivity contribution in [3.05, 3.63) is 17.1 Å². The zero-order chi connectivity index (χ0) is 14.6. The number of nitrogen functional groups attached to an aromatic ring is 1. The molecule has 1 aliphatic carbocycles. The van der Waals surface area contributed by atoms with Gasteiger partial charge in [0.2, 0.25) is 0 Å². The van der Waals surface area contributed by atoms with Gasteiger partial charge in [0.25, 0.3) is 0 Å². The van der Waals surface area contributed by atoms with Crippen molar-refractivity contribution in [1.29, 1.82) is 0 Å². The van der Waals surface area contributed by atoms with Crippen LogP contribution in [0.5, 0.6) is 0 Å². The van der Waals surface area contributed by atoms with Crippen molar-refractivity contribution in [2.24, 2.45) is 5.84 Å². The summed E-state index contributed by atoms with van der Waals surface area (Å²) >= 11 is 0. The Labute approximate surface area is 121 Å². The fourth-order valence-electron chi connectivity index (χ4n) is 3.03. The number of fused-ring (bicyclic) bond motifs is 1. The number of rotatable bonds is 6. The molecular formula is C15H26N4O. The second kappa shape index (κ2) is 6.50. The van der Waals surface area contributed by atoms with Crippen molar-refractivity contribution in [3.8, 4) is 0 Å². The van der Waals surface area contributed by atoms with Crippen molar-refractivity contribution in [2.45, 2.75) is 64.9 Å². The summed E-state index contributed by atoms with van der Waals surface area (Å²) in [6.45, 7) is 6.92. The van der Waals surface area contributed by atoms with Crippen LogP contribution >= 0.6 is 0 Å². The lowest BCUT2D eigenvalue weighted by Gasteiger charge is -2.31. The number of ether oxygens (including phenoxy) is 1. The molecule has 1 heterocycles. The Morgan fingerprint density at radius 1 is 1.15 bits per heavy atom. The number of hydrazine groups is 1. The topological polar surface area (TPSA) is 73.1 Å². The highest BCUT2D eigenvalue weighted by Crippen LogP contribution is 2.34. The molecule has 1 aliphatic rings. The predicted octanol–water partition coefficient (Wildman–Crippen LogP) is 2.69. The van der Waals surface area contributed by atoms with Gasteiger partial charge in [-0.1, -0.05) is 13.8 Å². The maximum Gasteiger partial charge on any atom is 0.162 e. The second-order valence-corrected chi connectivity index (χ2v) is 5.31. The lowest BCUT2D eigenvalue weighted by Crippen LogP contribution is -2.32. The van der Waals surface area contributed by atoms with Crippen molar-refractivity contribution in [2.75, 3.05) is 12.0 Å². The lowest BCUT2D eigenvalue weighted by atomic mass is 9.93. The van der Waals surface area contributed by atoms with Crippen molar-refractivity contribution >= 4 is 5.82 Å². The number of anilines is 1. The molecule has 1 aromatic heterocycles. The van der Waals surface area contributed by atoms with Gasteiger partial charge in [0.15, 0.2) is 5.82 Å². The van der Waals surface area contributed by atoms with Crippen LogP contribution < -0.4 is 11.3 Å². The zero-order valence-electron chi connectivity index (χ0n) is 12.8. The van der Waals surface area contributed by atoms with Crippen LogP contribution in [0.25, 0.3) is 0 Å². The van der Waals surface area contributed by atoms with E-state index in [1.165, 1.54) is 18.4 Å². The van der Waals surface area contributed by atoms with E-state index in [2.05, 4.69) is 24.3 Å². The molecule has 5 heteroatoms. The van der Waals surface area contributed by atoms with Crippen molar-refractivity contribution in [3.63, 3.8) is 0 Å². The van der Waals surface area contributed by atoms with Gasteiger partial charge in [-0.05, 0) is 45.4 Å². The maximum atomic E-state index is 6.01. The number of nitrogens with one attached hydrogen (secondary N) is 1. The Morgan fingerprint density at radius 2 is 1.85 bits per heavy atom. The lowest BCUT2D eigenvalue weighted by molar-refractivity contribution is -0.0572. The van der Waals surface area contributed by atoms with Gasteiger partial charge in [-0.2, -0.15) is 0 Å². The summed E-state index contributed by atoms with van der Waals surface area (Å²) in [5.74, 6) is 7.21. The Morgan fingerprint density at radius 3 is 2.45 bits per heavy atom. The van der Waals surface area contributed by atoms with Gasteiger partial charge in [0.1, 0.15) is 11.4 Å². The third-order valence-corrected chi connectivity index (χ3v) is 4.29. The molecule has 20 heavy (non-hydrogen) atoms. The number of nitrogens with two attached hydrogens (primary N) is 1. The number of aryl methyl sites for hydroxylation is 1. The van der Waals surface area contributed by atoms with E-state index in [9.17, 15) is 0 Å². The summed E-state index contributed by atoms with van der Waals surface area (Å²) in [6, 6.07) is 0. The highest BCUT2D eigenvalue weighted by atomic mass is 16.5. The highest BCUT2D eigenvalue weighted by molar-refractivity contribution is 5.47. The third-order valence-electron chi connectivity index (χ3n) is 4.29. The van der Waals surface area contributed by atoms with Gasteiger partial charge in [-0.3, -0.25) is 0 Å². The molecular weight excluding hydrogens is 252 g/mol. The van der Waals surface area contributed by atoms with Crippen LogP contribution in [-0.4, -0.2) is 16.6 Å². The molecule has 0 spiro atoms. The zero-order valence-corrected chi connectivity index (χ0v) is 12.8. The molecule has 0 aromatic carbocycles. The van der Waals surface area contributed by atoms with E-state index in [1.54, 1.807) is 0 Å². The molecule has 3 N–H and O–H groups in total. The number of hydrogen-bond acceptors (Lipinski definition) is 5. The van der Waals surface area contributed by atoms with Crippen LogP contribution in [0.3, 0.4) is 0 Å². The highest BCUT2D eigenvalue weighted by Gasteiger charge is 2.34. The standard InChI is InChI=1S/C15H26N4O/c1-4-15(5-2,20-6-3)14-17-12-10-8-7-9-11(12)13(18-14)19-16/h4-10,16H2,1-3H3,(H,17,18,19). The molecule has 0 saturated heterocycles. The predicted molar refractivity (Wildman–Crippen MR) is 80.4 cm³/mol.